The van der Waals surface area contributed by atoms with Gasteiger partial charge in [-0.05, 0) is 56.1 Å². The minimum absolute atomic E-state index is 0.601. The highest BCUT2D eigenvalue weighted by atomic mass is 16.3. The van der Waals surface area contributed by atoms with Crippen LogP contribution in [0.15, 0.2) is 168 Å². The van der Waals surface area contributed by atoms with Gasteiger partial charge in [-0.15, -0.1) is 0 Å². The maximum atomic E-state index is 6.73. The van der Waals surface area contributed by atoms with E-state index in [9.17, 15) is 0 Å². The Morgan fingerprint density at radius 2 is 0.776 bits per heavy atom. The van der Waals surface area contributed by atoms with Gasteiger partial charge in [0.15, 0.2) is 17.5 Å². The first kappa shape index (κ1) is 27.5. The topological polar surface area (TPSA) is 51.8 Å². The van der Waals surface area contributed by atoms with E-state index in [2.05, 4.69) is 103 Å². The second-order valence-electron chi connectivity index (χ2n) is 12.4. The lowest BCUT2D eigenvalue weighted by molar-refractivity contribution is 0.670. The highest BCUT2D eigenvalue weighted by Crippen LogP contribution is 2.41. The van der Waals surface area contributed by atoms with Gasteiger partial charge in [-0.25, -0.2) is 15.0 Å². The second kappa shape index (κ2) is 11.0. The van der Waals surface area contributed by atoms with E-state index in [0.717, 1.165) is 49.8 Å². The monoisotopic (exact) mass is 625 g/mol. The van der Waals surface area contributed by atoms with Crippen LogP contribution in [0.25, 0.3) is 99.5 Å². The fourth-order valence-electron chi connectivity index (χ4n) is 7.18. The Hall–Kier alpha value is -6.65. The zero-order valence-corrected chi connectivity index (χ0v) is 26.3. The molecule has 2 heterocycles. The summed E-state index contributed by atoms with van der Waals surface area (Å²) in [5.41, 5.74) is 6.59. The molecular weight excluding hydrogens is 599 g/mol. The van der Waals surface area contributed by atoms with Crippen molar-refractivity contribution in [2.45, 2.75) is 0 Å². The first-order valence-corrected chi connectivity index (χ1v) is 16.4. The molecule has 4 nitrogen and oxygen atoms in total. The molecule has 0 fully saturated rings. The number of rotatable bonds is 4. The van der Waals surface area contributed by atoms with Gasteiger partial charge < -0.3 is 4.42 Å². The van der Waals surface area contributed by atoms with Crippen LogP contribution in [0.5, 0.6) is 0 Å². The molecule has 0 aliphatic carbocycles. The molecule has 49 heavy (non-hydrogen) atoms. The normalized spacial score (nSPS) is 11.7. The third-order valence-corrected chi connectivity index (χ3v) is 9.51. The van der Waals surface area contributed by atoms with Crippen LogP contribution in [0.2, 0.25) is 0 Å². The molecule has 10 aromatic rings. The quantitative estimate of drug-likeness (QED) is 0.183. The Labute approximate surface area is 282 Å². The zero-order chi connectivity index (χ0) is 32.3. The molecule has 0 saturated heterocycles. The smallest absolute Gasteiger partial charge is 0.164 e. The first-order valence-electron chi connectivity index (χ1n) is 16.4. The average molecular weight is 626 g/mol. The molecule has 0 amide bonds. The minimum Gasteiger partial charge on any atom is -0.455 e. The zero-order valence-electron chi connectivity index (χ0n) is 26.3. The van der Waals surface area contributed by atoms with Gasteiger partial charge in [0.25, 0.3) is 0 Å². The van der Waals surface area contributed by atoms with Crippen molar-refractivity contribution < 1.29 is 4.42 Å². The Balaban J connectivity index is 1.14. The molecule has 4 heteroatoms. The molecule has 10 rings (SSSR count). The van der Waals surface area contributed by atoms with E-state index in [0.29, 0.717) is 17.5 Å². The molecule has 0 unspecified atom stereocenters. The third kappa shape index (κ3) is 4.49. The molecule has 0 aliphatic heterocycles. The highest BCUT2D eigenvalue weighted by molar-refractivity contribution is 6.26. The summed E-state index contributed by atoms with van der Waals surface area (Å²) in [5, 5.41) is 9.68. The summed E-state index contributed by atoms with van der Waals surface area (Å²) >= 11 is 0. The van der Waals surface area contributed by atoms with Crippen molar-refractivity contribution >= 4 is 54.3 Å². The molecule has 0 spiro atoms. The van der Waals surface area contributed by atoms with Gasteiger partial charge in [0.1, 0.15) is 11.2 Å². The third-order valence-electron chi connectivity index (χ3n) is 9.51. The van der Waals surface area contributed by atoms with Crippen LogP contribution in [0, 0.1) is 0 Å². The molecule has 0 saturated carbocycles. The Morgan fingerprint density at radius 3 is 1.39 bits per heavy atom. The SMILES string of the molecule is c1ccc(-c2nc(-c3ccccc3)nc(-c3ccc4c(c3)oc3c(-c5ccc6c7ccccc7c7ccccc7c6c5)cccc34)n2)cc1. The summed E-state index contributed by atoms with van der Waals surface area (Å²) in [6.45, 7) is 0. The molecule has 0 bridgehead atoms. The molecular formula is C45H27N3O. The molecule has 0 N–H and O–H groups in total. The highest BCUT2D eigenvalue weighted by Gasteiger charge is 2.17. The summed E-state index contributed by atoms with van der Waals surface area (Å²) in [6, 6.07) is 56.9. The van der Waals surface area contributed by atoms with E-state index in [1.165, 1.54) is 32.3 Å². The van der Waals surface area contributed by atoms with Crippen LogP contribution in [-0.4, -0.2) is 15.0 Å². The van der Waals surface area contributed by atoms with Crippen LogP contribution in [-0.2, 0) is 0 Å². The molecule has 228 valence electrons. The van der Waals surface area contributed by atoms with Crippen LogP contribution in [0.3, 0.4) is 0 Å². The van der Waals surface area contributed by atoms with Gasteiger partial charge in [0.2, 0.25) is 0 Å². The number of hydrogen-bond acceptors (Lipinski definition) is 4. The summed E-state index contributed by atoms with van der Waals surface area (Å²) < 4.78 is 6.73. The Morgan fingerprint density at radius 1 is 0.306 bits per heavy atom. The Bertz CT molecular complexity index is 2780. The Kier molecular flexibility index (Phi) is 6.15. The summed E-state index contributed by atoms with van der Waals surface area (Å²) in [4.78, 5) is 14.7. The van der Waals surface area contributed by atoms with E-state index >= 15 is 0 Å². The maximum Gasteiger partial charge on any atom is 0.164 e. The second-order valence-corrected chi connectivity index (χ2v) is 12.4. The number of furan rings is 1. The molecule has 2 aromatic heterocycles. The van der Waals surface area contributed by atoms with E-state index in [4.69, 9.17) is 19.4 Å². The summed E-state index contributed by atoms with van der Waals surface area (Å²) in [5.74, 6) is 1.87. The van der Waals surface area contributed by atoms with Crippen LogP contribution < -0.4 is 0 Å². The molecule has 0 aliphatic rings. The van der Waals surface area contributed by atoms with Crippen molar-refractivity contribution in [2.75, 3.05) is 0 Å². The lowest BCUT2D eigenvalue weighted by atomic mass is 9.92. The van der Waals surface area contributed by atoms with Gasteiger partial charge in [0.05, 0.1) is 0 Å². The van der Waals surface area contributed by atoms with E-state index < -0.39 is 0 Å². The summed E-state index contributed by atoms with van der Waals surface area (Å²) in [6.07, 6.45) is 0. The van der Waals surface area contributed by atoms with Gasteiger partial charge in [0, 0.05) is 33.0 Å². The first-order chi connectivity index (χ1) is 24.3. The van der Waals surface area contributed by atoms with E-state index in [-0.39, 0.29) is 0 Å². The van der Waals surface area contributed by atoms with Gasteiger partial charge in [-0.3, -0.25) is 0 Å². The van der Waals surface area contributed by atoms with Gasteiger partial charge >= 0.3 is 0 Å². The van der Waals surface area contributed by atoms with Gasteiger partial charge in [-0.1, -0.05) is 146 Å². The fourth-order valence-corrected chi connectivity index (χ4v) is 7.18. The molecule has 0 atom stereocenters. The van der Waals surface area contributed by atoms with Crippen LogP contribution in [0.4, 0.5) is 0 Å². The van der Waals surface area contributed by atoms with Crippen molar-refractivity contribution in [1.29, 1.82) is 0 Å². The largest absolute Gasteiger partial charge is 0.455 e. The van der Waals surface area contributed by atoms with Crippen molar-refractivity contribution in [3.05, 3.63) is 164 Å². The van der Waals surface area contributed by atoms with Crippen LogP contribution in [0.1, 0.15) is 0 Å². The van der Waals surface area contributed by atoms with E-state index in [1.807, 2.05) is 60.7 Å². The standard InChI is InChI=1S/C45H27N3O/c1-3-12-28(13-4-1)43-46-44(29-14-5-2-6-15-29)48-45(47-43)31-23-25-38-39-21-11-20-32(42(39)49-41(38)27-31)30-22-24-37-35-18-8-7-16-33(35)34-17-9-10-19-36(34)40(37)26-30/h1-27H. The number of benzene rings is 8. The number of aromatic nitrogens is 3. The van der Waals surface area contributed by atoms with Crippen molar-refractivity contribution in [3.63, 3.8) is 0 Å². The predicted octanol–water partition coefficient (Wildman–Crippen LogP) is 11.9. The lowest BCUT2D eigenvalue weighted by Gasteiger charge is -2.12. The average Bonchev–Trinajstić information content (AvgIpc) is 3.56. The minimum atomic E-state index is 0.601. The predicted molar refractivity (Wildman–Crippen MR) is 201 cm³/mol. The van der Waals surface area contributed by atoms with E-state index in [1.54, 1.807) is 0 Å². The van der Waals surface area contributed by atoms with Crippen LogP contribution >= 0.6 is 0 Å². The number of nitrogens with zero attached hydrogens (tertiary/aromatic N) is 3. The molecule has 8 aromatic carbocycles. The number of para-hydroxylation sites is 1. The van der Waals surface area contributed by atoms with Gasteiger partial charge in [-0.2, -0.15) is 0 Å². The van der Waals surface area contributed by atoms with Crippen molar-refractivity contribution in [2.24, 2.45) is 0 Å². The van der Waals surface area contributed by atoms with Crippen molar-refractivity contribution in [1.82, 2.24) is 15.0 Å². The maximum absolute atomic E-state index is 6.73. The summed E-state index contributed by atoms with van der Waals surface area (Å²) in [7, 11) is 0. The van der Waals surface area contributed by atoms with Crippen molar-refractivity contribution in [3.8, 4) is 45.3 Å². The number of fused-ring (bicyclic) bond motifs is 9. The number of hydrogen-bond donors (Lipinski definition) is 0. The molecule has 0 radical (unpaired) electrons. The fraction of sp³-hybridized carbons (Fsp3) is 0. The lowest BCUT2D eigenvalue weighted by Crippen LogP contribution is -2.00.